The number of rotatable bonds is 7. The number of ketones is 1. The van der Waals surface area contributed by atoms with Gasteiger partial charge in [0, 0.05) is 25.8 Å². The molecular formula is C22H25NO6. The summed E-state index contributed by atoms with van der Waals surface area (Å²) in [6.45, 7) is 4.38. The number of methoxy groups -OCH3 is 2. The van der Waals surface area contributed by atoms with E-state index in [1.54, 1.807) is 51.5 Å². The maximum atomic E-state index is 12.9. The molecule has 1 aliphatic rings. The van der Waals surface area contributed by atoms with Gasteiger partial charge in [0.2, 0.25) is 0 Å². The molecule has 3 rings (SSSR count). The third kappa shape index (κ3) is 3.91. The number of benzene rings is 1. The van der Waals surface area contributed by atoms with Gasteiger partial charge in [0.25, 0.3) is 11.7 Å². The summed E-state index contributed by atoms with van der Waals surface area (Å²) < 4.78 is 16.1. The molecule has 7 heteroatoms. The van der Waals surface area contributed by atoms with Gasteiger partial charge in [-0.05, 0) is 56.2 Å². The molecule has 1 unspecified atom stereocenters. The lowest BCUT2D eigenvalue weighted by Gasteiger charge is -2.23. The standard InChI is InChI=1S/C22H25NO6/c1-13-12-15(7-9-16(13)28-4)20(24)18-19(17-8-6-14(2)29-17)23(10-5-11-27-3)22(26)21(18)25/h6-9,12,19,24H,5,10-11H2,1-4H3/b20-18-. The predicted octanol–water partition coefficient (Wildman–Crippen LogP) is 3.36. The van der Waals surface area contributed by atoms with Gasteiger partial charge in [-0.1, -0.05) is 0 Å². The van der Waals surface area contributed by atoms with Crippen LogP contribution in [0.15, 0.2) is 40.3 Å². The Bertz CT molecular complexity index is 958. The molecule has 0 spiro atoms. The van der Waals surface area contributed by atoms with Crippen LogP contribution in [0.25, 0.3) is 5.76 Å². The van der Waals surface area contributed by atoms with Crippen molar-refractivity contribution in [1.29, 1.82) is 0 Å². The fourth-order valence-electron chi connectivity index (χ4n) is 3.57. The largest absolute Gasteiger partial charge is 0.507 e. The zero-order valence-electron chi connectivity index (χ0n) is 17.0. The fraction of sp³-hybridized carbons (Fsp3) is 0.364. The Labute approximate surface area is 169 Å². The van der Waals surface area contributed by atoms with Gasteiger partial charge in [-0.25, -0.2) is 0 Å². The van der Waals surface area contributed by atoms with Crippen molar-refractivity contribution in [2.24, 2.45) is 0 Å². The van der Waals surface area contributed by atoms with Gasteiger partial charge in [-0.15, -0.1) is 0 Å². The lowest BCUT2D eigenvalue weighted by Crippen LogP contribution is -2.31. The first-order valence-electron chi connectivity index (χ1n) is 9.37. The summed E-state index contributed by atoms with van der Waals surface area (Å²) in [6, 6.07) is 7.79. The van der Waals surface area contributed by atoms with Crippen LogP contribution in [0.1, 0.15) is 35.1 Å². The van der Waals surface area contributed by atoms with E-state index in [4.69, 9.17) is 13.9 Å². The smallest absolute Gasteiger partial charge is 0.295 e. The van der Waals surface area contributed by atoms with Crippen LogP contribution in [0.5, 0.6) is 5.75 Å². The fourth-order valence-corrected chi connectivity index (χ4v) is 3.57. The average Bonchev–Trinajstić information content (AvgIpc) is 3.23. The first kappa shape index (κ1) is 20.7. The van der Waals surface area contributed by atoms with E-state index < -0.39 is 17.7 Å². The Morgan fingerprint density at radius 3 is 2.52 bits per heavy atom. The maximum absolute atomic E-state index is 12.9. The van der Waals surface area contributed by atoms with Crippen LogP contribution in [-0.2, 0) is 14.3 Å². The second-order valence-electron chi connectivity index (χ2n) is 6.97. The number of nitrogens with zero attached hydrogens (tertiary/aromatic N) is 1. The Morgan fingerprint density at radius 2 is 1.93 bits per heavy atom. The van der Waals surface area contributed by atoms with Crippen molar-refractivity contribution in [2.75, 3.05) is 27.4 Å². The number of likely N-dealkylation sites (tertiary alicyclic amines) is 1. The summed E-state index contributed by atoms with van der Waals surface area (Å²) in [4.78, 5) is 27.0. The molecular weight excluding hydrogens is 374 g/mol. The van der Waals surface area contributed by atoms with Gasteiger partial charge in [0.15, 0.2) is 0 Å². The van der Waals surface area contributed by atoms with E-state index in [2.05, 4.69) is 0 Å². The SMILES string of the molecule is COCCCN1C(=O)C(=O)/C(=C(\O)c2ccc(OC)c(C)c2)C1c1ccc(C)o1. The Morgan fingerprint density at radius 1 is 1.17 bits per heavy atom. The van der Waals surface area contributed by atoms with Crippen molar-refractivity contribution in [1.82, 2.24) is 4.90 Å². The minimum absolute atomic E-state index is 0.0198. The monoisotopic (exact) mass is 399 g/mol. The molecule has 0 saturated carbocycles. The number of hydrogen-bond acceptors (Lipinski definition) is 6. The van der Waals surface area contributed by atoms with Gasteiger partial charge < -0.3 is 23.9 Å². The van der Waals surface area contributed by atoms with Crippen molar-refractivity contribution < 1.29 is 28.6 Å². The van der Waals surface area contributed by atoms with Crippen LogP contribution in [0.4, 0.5) is 0 Å². The molecule has 0 radical (unpaired) electrons. The number of ether oxygens (including phenoxy) is 2. The Balaban J connectivity index is 2.10. The molecule has 0 aliphatic carbocycles. The molecule has 7 nitrogen and oxygen atoms in total. The van der Waals surface area contributed by atoms with Crippen molar-refractivity contribution in [3.8, 4) is 5.75 Å². The molecule has 2 heterocycles. The van der Waals surface area contributed by atoms with Crippen LogP contribution >= 0.6 is 0 Å². The molecule has 1 saturated heterocycles. The third-order valence-corrected chi connectivity index (χ3v) is 4.99. The zero-order valence-corrected chi connectivity index (χ0v) is 17.0. The van der Waals surface area contributed by atoms with Gasteiger partial charge >= 0.3 is 0 Å². The van der Waals surface area contributed by atoms with Crippen LogP contribution < -0.4 is 4.74 Å². The number of carbonyl (C=O) groups is 2. The molecule has 1 aliphatic heterocycles. The lowest BCUT2D eigenvalue weighted by atomic mass is 9.98. The molecule has 1 N–H and O–H groups in total. The molecule has 1 fully saturated rings. The van der Waals surface area contributed by atoms with E-state index >= 15 is 0 Å². The number of aliphatic hydroxyl groups is 1. The number of Topliss-reactive ketones (excluding diaryl/α,β-unsaturated/α-hetero) is 1. The average molecular weight is 399 g/mol. The Hall–Kier alpha value is -3.06. The summed E-state index contributed by atoms with van der Waals surface area (Å²) in [5, 5.41) is 11.0. The lowest BCUT2D eigenvalue weighted by molar-refractivity contribution is -0.140. The third-order valence-electron chi connectivity index (χ3n) is 4.99. The molecule has 1 aromatic heterocycles. The van der Waals surface area contributed by atoms with Gasteiger partial charge in [-0.3, -0.25) is 9.59 Å². The second kappa shape index (κ2) is 8.53. The van der Waals surface area contributed by atoms with E-state index in [1.807, 2.05) is 6.92 Å². The minimum Gasteiger partial charge on any atom is -0.507 e. The highest BCUT2D eigenvalue weighted by molar-refractivity contribution is 6.46. The molecule has 154 valence electrons. The van der Waals surface area contributed by atoms with E-state index in [-0.39, 0.29) is 11.3 Å². The van der Waals surface area contributed by atoms with E-state index in [9.17, 15) is 14.7 Å². The van der Waals surface area contributed by atoms with Crippen LogP contribution in [0.2, 0.25) is 0 Å². The van der Waals surface area contributed by atoms with Crippen LogP contribution in [-0.4, -0.2) is 49.1 Å². The molecule has 2 aromatic rings. The minimum atomic E-state index is -0.789. The second-order valence-corrected chi connectivity index (χ2v) is 6.97. The van der Waals surface area contributed by atoms with Gasteiger partial charge in [0.1, 0.15) is 29.1 Å². The highest BCUT2D eigenvalue weighted by atomic mass is 16.5. The number of amides is 1. The summed E-state index contributed by atoms with van der Waals surface area (Å²) >= 11 is 0. The predicted molar refractivity (Wildman–Crippen MR) is 107 cm³/mol. The highest BCUT2D eigenvalue weighted by Gasteiger charge is 2.47. The maximum Gasteiger partial charge on any atom is 0.295 e. The number of aryl methyl sites for hydroxylation is 2. The molecule has 1 amide bonds. The topological polar surface area (TPSA) is 89.2 Å². The van der Waals surface area contributed by atoms with Gasteiger partial charge in [0.05, 0.1) is 12.7 Å². The Kier molecular flexibility index (Phi) is 6.08. The first-order chi connectivity index (χ1) is 13.9. The number of furan rings is 1. The number of aliphatic hydroxyl groups excluding tert-OH is 1. The zero-order chi connectivity index (χ0) is 21.1. The summed E-state index contributed by atoms with van der Waals surface area (Å²) in [5.41, 5.74) is 1.26. The van der Waals surface area contributed by atoms with Crippen molar-refractivity contribution in [3.05, 3.63) is 58.6 Å². The van der Waals surface area contributed by atoms with E-state index in [1.165, 1.54) is 4.90 Å². The first-order valence-corrected chi connectivity index (χ1v) is 9.37. The number of hydrogen-bond donors (Lipinski definition) is 1. The normalized spacial score (nSPS) is 18.5. The van der Waals surface area contributed by atoms with Crippen molar-refractivity contribution >= 4 is 17.4 Å². The van der Waals surface area contributed by atoms with E-state index in [0.29, 0.717) is 42.4 Å². The summed E-state index contributed by atoms with van der Waals surface area (Å²) in [7, 11) is 3.14. The molecule has 0 bridgehead atoms. The molecule has 29 heavy (non-hydrogen) atoms. The van der Waals surface area contributed by atoms with E-state index in [0.717, 1.165) is 5.56 Å². The van der Waals surface area contributed by atoms with Gasteiger partial charge in [-0.2, -0.15) is 0 Å². The van der Waals surface area contributed by atoms with Crippen molar-refractivity contribution in [3.63, 3.8) is 0 Å². The van der Waals surface area contributed by atoms with Crippen molar-refractivity contribution in [2.45, 2.75) is 26.3 Å². The quantitative estimate of drug-likeness (QED) is 0.332. The summed E-state index contributed by atoms with van der Waals surface area (Å²) in [6.07, 6.45) is 0.557. The summed E-state index contributed by atoms with van der Waals surface area (Å²) in [5.74, 6) is 0.134. The highest BCUT2D eigenvalue weighted by Crippen LogP contribution is 2.40. The number of carbonyl (C=O) groups excluding carboxylic acids is 2. The molecule has 1 atom stereocenters. The molecule has 1 aromatic carbocycles. The van der Waals surface area contributed by atoms with Crippen LogP contribution in [0, 0.1) is 13.8 Å². The van der Waals surface area contributed by atoms with Crippen LogP contribution in [0.3, 0.4) is 0 Å².